The number of rotatable bonds is 7. The van der Waals surface area contributed by atoms with Crippen LogP contribution < -0.4 is 4.74 Å². The maximum Gasteiger partial charge on any atom is 0.138 e. The molecule has 0 aliphatic heterocycles. The molecule has 0 amide bonds. The summed E-state index contributed by atoms with van der Waals surface area (Å²) in [5, 5.41) is 1.31. The highest BCUT2D eigenvalue weighted by Crippen LogP contribution is 2.26. The van der Waals surface area contributed by atoms with Crippen molar-refractivity contribution < 1.29 is 9.47 Å². The minimum Gasteiger partial charge on any atom is -0.487 e. The quantitative estimate of drug-likeness (QED) is 0.640. The zero-order valence-electron chi connectivity index (χ0n) is 12.8. The van der Waals surface area contributed by atoms with Gasteiger partial charge in [-0.3, -0.25) is 0 Å². The first-order chi connectivity index (χ1) is 10.5. The Bertz CT molecular complexity index is 595. The molecular weight excluding hydrogens is 319 g/mol. The van der Waals surface area contributed by atoms with E-state index in [0.717, 1.165) is 17.7 Å². The van der Waals surface area contributed by atoms with Gasteiger partial charge >= 0.3 is 0 Å². The van der Waals surface area contributed by atoms with Crippen molar-refractivity contribution in [2.24, 2.45) is 5.92 Å². The Hall–Kier alpha value is -1.22. The van der Waals surface area contributed by atoms with E-state index in [4.69, 9.17) is 32.7 Å². The van der Waals surface area contributed by atoms with Crippen LogP contribution in [-0.2, 0) is 18.0 Å². The predicted molar refractivity (Wildman–Crippen MR) is 91.7 cm³/mol. The molecule has 0 bridgehead atoms. The van der Waals surface area contributed by atoms with Crippen LogP contribution in [0, 0.1) is 5.92 Å². The standard InChI is InChI=1S/C18H20Cl2O2/c1-13(2)10-21-11-15-5-8-18(17(20)9-15)22-12-14-3-6-16(19)7-4-14/h3-9,13H,10-12H2,1-2H3. The molecule has 0 heterocycles. The third-order valence-electron chi connectivity index (χ3n) is 3.02. The fourth-order valence-corrected chi connectivity index (χ4v) is 2.29. The lowest BCUT2D eigenvalue weighted by Gasteiger charge is -2.11. The number of hydrogen-bond acceptors (Lipinski definition) is 2. The summed E-state index contributed by atoms with van der Waals surface area (Å²) in [5.74, 6) is 1.20. The van der Waals surface area contributed by atoms with Gasteiger partial charge in [-0.05, 0) is 41.3 Å². The molecule has 2 aromatic rings. The van der Waals surface area contributed by atoms with Crippen LogP contribution in [0.5, 0.6) is 5.75 Å². The second-order valence-electron chi connectivity index (χ2n) is 5.59. The van der Waals surface area contributed by atoms with Crippen molar-refractivity contribution in [3.63, 3.8) is 0 Å². The van der Waals surface area contributed by atoms with Crippen LogP contribution in [0.15, 0.2) is 42.5 Å². The van der Waals surface area contributed by atoms with Crippen molar-refractivity contribution in [1.82, 2.24) is 0 Å². The minimum absolute atomic E-state index is 0.458. The molecule has 0 saturated heterocycles. The summed E-state index contributed by atoms with van der Waals surface area (Å²) in [6, 6.07) is 13.3. The molecule has 118 valence electrons. The first-order valence-corrected chi connectivity index (χ1v) is 8.03. The van der Waals surface area contributed by atoms with Crippen LogP contribution in [0.1, 0.15) is 25.0 Å². The monoisotopic (exact) mass is 338 g/mol. The van der Waals surface area contributed by atoms with Crippen molar-refractivity contribution in [3.05, 3.63) is 63.6 Å². The van der Waals surface area contributed by atoms with E-state index in [1.807, 2.05) is 42.5 Å². The van der Waals surface area contributed by atoms with E-state index in [0.29, 0.717) is 34.9 Å². The smallest absolute Gasteiger partial charge is 0.138 e. The maximum atomic E-state index is 6.26. The molecule has 0 aliphatic carbocycles. The summed E-state index contributed by atoms with van der Waals surface area (Å²) in [5.41, 5.74) is 2.09. The van der Waals surface area contributed by atoms with Gasteiger partial charge in [0, 0.05) is 11.6 Å². The minimum atomic E-state index is 0.458. The molecule has 0 N–H and O–H groups in total. The van der Waals surface area contributed by atoms with E-state index in [9.17, 15) is 0 Å². The van der Waals surface area contributed by atoms with Gasteiger partial charge in [-0.15, -0.1) is 0 Å². The number of hydrogen-bond donors (Lipinski definition) is 0. The highest BCUT2D eigenvalue weighted by Gasteiger charge is 2.05. The lowest BCUT2D eigenvalue weighted by molar-refractivity contribution is 0.0970. The Labute approximate surface area is 142 Å². The summed E-state index contributed by atoms with van der Waals surface area (Å²) in [6.45, 7) is 6.02. The van der Waals surface area contributed by atoms with Gasteiger partial charge < -0.3 is 9.47 Å². The van der Waals surface area contributed by atoms with Crippen LogP contribution >= 0.6 is 23.2 Å². The van der Waals surface area contributed by atoms with Crippen molar-refractivity contribution in [2.45, 2.75) is 27.1 Å². The first kappa shape index (κ1) is 17.1. The summed E-state index contributed by atoms with van der Waals surface area (Å²) in [7, 11) is 0. The Morgan fingerprint density at radius 1 is 0.909 bits per heavy atom. The Morgan fingerprint density at radius 2 is 1.59 bits per heavy atom. The molecule has 2 rings (SSSR count). The Kier molecular flexibility index (Phi) is 6.56. The fourth-order valence-electron chi connectivity index (χ4n) is 1.91. The molecule has 0 aromatic heterocycles. The van der Waals surface area contributed by atoms with E-state index < -0.39 is 0 Å². The average molecular weight is 339 g/mol. The molecule has 4 heteroatoms. The zero-order chi connectivity index (χ0) is 15.9. The predicted octanol–water partition coefficient (Wildman–Crippen LogP) is 5.75. The molecule has 0 spiro atoms. The topological polar surface area (TPSA) is 18.5 Å². The van der Waals surface area contributed by atoms with Gasteiger partial charge in [0.2, 0.25) is 0 Å². The van der Waals surface area contributed by atoms with Gasteiger partial charge in [-0.25, -0.2) is 0 Å². The third kappa shape index (κ3) is 5.53. The highest BCUT2D eigenvalue weighted by molar-refractivity contribution is 6.32. The largest absolute Gasteiger partial charge is 0.487 e. The van der Waals surface area contributed by atoms with Crippen LogP contribution in [0.3, 0.4) is 0 Å². The van der Waals surface area contributed by atoms with Crippen LogP contribution in [0.25, 0.3) is 0 Å². The molecule has 22 heavy (non-hydrogen) atoms. The lowest BCUT2D eigenvalue weighted by Crippen LogP contribution is -2.02. The zero-order valence-corrected chi connectivity index (χ0v) is 14.3. The van der Waals surface area contributed by atoms with Gasteiger partial charge in [0.1, 0.15) is 12.4 Å². The number of ether oxygens (including phenoxy) is 2. The van der Waals surface area contributed by atoms with Crippen LogP contribution in [0.4, 0.5) is 0 Å². The summed E-state index contributed by atoms with van der Waals surface area (Å²) < 4.78 is 11.3. The van der Waals surface area contributed by atoms with Crippen LogP contribution in [-0.4, -0.2) is 6.61 Å². The number of halogens is 2. The van der Waals surface area contributed by atoms with Crippen molar-refractivity contribution in [2.75, 3.05) is 6.61 Å². The molecule has 0 atom stereocenters. The van der Waals surface area contributed by atoms with Crippen molar-refractivity contribution in [3.8, 4) is 5.75 Å². The second-order valence-corrected chi connectivity index (χ2v) is 6.43. The van der Waals surface area contributed by atoms with E-state index in [1.54, 1.807) is 0 Å². The Balaban J connectivity index is 1.90. The third-order valence-corrected chi connectivity index (χ3v) is 3.57. The first-order valence-electron chi connectivity index (χ1n) is 7.28. The SMILES string of the molecule is CC(C)COCc1ccc(OCc2ccc(Cl)cc2)c(Cl)c1. The van der Waals surface area contributed by atoms with Gasteiger partial charge in [-0.1, -0.05) is 55.2 Å². The van der Waals surface area contributed by atoms with Crippen LogP contribution in [0.2, 0.25) is 10.0 Å². The van der Waals surface area contributed by atoms with Gasteiger partial charge in [0.15, 0.2) is 0 Å². The van der Waals surface area contributed by atoms with Gasteiger partial charge in [-0.2, -0.15) is 0 Å². The van der Waals surface area contributed by atoms with E-state index in [-0.39, 0.29) is 0 Å². The molecule has 0 unspecified atom stereocenters. The summed E-state index contributed by atoms with van der Waals surface area (Å²) in [6.07, 6.45) is 0. The number of benzene rings is 2. The maximum absolute atomic E-state index is 6.26. The molecular formula is C18H20Cl2O2. The molecule has 0 fully saturated rings. The molecule has 0 saturated carbocycles. The summed E-state index contributed by atoms with van der Waals surface area (Å²) >= 11 is 12.1. The fraction of sp³-hybridized carbons (Fsp3) is 0.333. The normalized spacial score (nSPS) is 11.0. The lowest BCUT2D eigenvalue weighted by atomic mass is 10.2. The molecule has 0 radical (unpaired) electrons. The molecule has 2 nitrogen and oxygen atoms in total. The van der Waals surface area contributed by atoms with Crippen molar-refractivity contribution in [1.29, 1.82) is 0 Å². The van der Waals surface area contributed by atoms with E-state index in [1.165, 1.54) is 0 Å². The van der Waals surface area contributed by atoms with Gasteiger partial charge in [0.05, 0.1) is 11.6 Å². The van der Waals surface area contributed by atoms with E-state index >= 15 is 0 Å². The summed E-state index contributed by atoms with van der Waals surface area (Å²) in [4.78, 5) is 0. The Morgan fingerprint density at radius 3 is 2.23 bits per heavy atom. The average Bonchev–Trinajstić information content (AvgIpc) is 2.48. The molecule has 2 aromatic carbocycles. The van der Waals surface area contributed by atoms with E-state index in [2.05, 4.69) is 13.8 Å². The molecule has 0 aliphatic rings. The highest BCUT2D eigenvalue weighted by atomic mass is 35.5. The van der Waals surface area contributed by atoms with Gasteiger partial charge in [0.25, 0.3) is 0 Å². The van der Waals surface area contributed by atoms with Crippen molar-refractivity contribution >= 4 is 23.2 Å². The second kappa shape index (κ2) is 8.42.